The predicted molar refractivity (Wildman–Crippen MR) is 68.2 cm³/mol. The molecule has 0 bridgehead atoms. The number of aromatic nitrogens is 1. The summed E-state index contributed by atoms with van der Waals surface area (Å²) in [6, 6.07) is 7.53. The first-order valence-corrected chi connectivity index (χ1v) is 6.01. The maximum atomic E-state index is 11.7. The van der Waals surface area contributed by atoms with E-state index < -0.39 is 0 Å². The molecular weight excluding hydrogens is 216 g/mol. The molecule has 92 valence electrons. The molecule has 1 aromatic heterocycles. The standard InChI is InChI=1S/C13H18N2O2/c1-3-14-8-10(2)9-15-11-6-4-5-7-12(11)17-13(15)16/h4-7,10,14H,3,8-9H2,1-2H3. The van der Waals surface area contributed by atoms with Gasteiger partial charge in [0.25, 0.3) is 0 Å². The lowest BCUT2D eigenvalue weighted by molar-refractivity contribution is 0.421. The smallest absolute Gasteiger partial charge is 0.408 e. The summed E-state index contributed by atoms with van der Waals surface area (Å²) in [7, 11) is 0. The van der Waals surface area contributed by atoms with Crippen molar-refractivity contribution in [3.63, 3.8) is 0 Å². The molecule has 0 amide bonds. The van der Waals surface area contributed by atoms with Crippen molar-refractivity contribution in [3.05, 3.63) is 34.8 Å². The van der Waals surface area contributed by atoms with Crippen LogP contribution in [-0.4, -0.2) is 17.7 Å². The Bertz CT molecular complexity index is 542. The first-order chi connectivity index (χ1) is 8.22. The van der Waals surface area contributed by atoms with Gasteiger partial charge in [-0.3, -0.25) is 4.57 Å². The van der Waals surface area contributed by atoms with E-state index >= 15 is 0 Å². The highest BCUT2D eigenvalue weighted by atomic mass is 16.4. The van der Waals surface area contributed by atoms with Crippen LogP contribution in [0.25, 0.3) is 11.1 Å². The van der Waals surface area contributed by atoms with Gasteiger partial charge in [0.2, 0.25) is 0 Å². The van der Waals surface area contributed by atoms with Crippen molar-refractivity contribution < 1.29 is 4.42 Å². The number of nitrogens with zero attached hydrogens (tertiary/aromatic N) is 1. The van der Waals surface area contributed by atoms with E-state index in [2.05, 4.69) is 19.2 Å². The lowest BCUT2D eigenvalue weighted by atomic mass is 10.2. The quantitative estimate of drug-likeness (QED) is 0.858. The third-order valence-electron chi connectivity index (χ3n) is 2.81. The Labute approximate surface area is 100 Å². The molecule has 1 heterocycles. The van der Waals surface area contributed by atoms with Gasteiger partial charge in [0.15, 0.2) is 5.58 Å². The number of para-hydroxylation sites is 2. The highest BCUT2D eigenvalue weighted by Gasteiger charge is 2.11. The fraction of sp³-hybridized carbons (Fsp3) is 0.462. The summed E-state index contributed by atoms with van der Waals surface area (Å²) in [6.45, 7) is 6.74. The molecule has 0 fully saturated rings. The first-order valence-electron chi connectivity index (χ1n) is 6.01. The van der Waals surface area contributed by atoms with E-state index in [1.807, 2.05) is 24.3 Å². The molecule has 0 aliphatic heterocycles. The Hall–Kier alpha value is -1.55. The summed E-state index contributed by atoms with van der Waals surface area (Å²) in [5, 5.41) is 3.28. The van der Waals surface area contributed by atoms with E-state index in [0.717, 1.165) is 18.6 Å². The highest BCUT2D eigenvalue weighted by molar-refractivity contribution is 5.72. The van der Waals surface area contributed by atoms with Crippen LogP contribution >= 0.6 is 0 Å². The second-order valence-corrected chi connectivity index (χ2v) is 4.36. The summed E-state index contributed by atoms with van der Waals surface area (Å²) in [5.41, 5.74) is 1.54. The molecule has 4 nitrogen and oxygen atoms in total. The van der Waals surface area contributed by atoms with E-state index in [0.29, 0.717) is 18.0 Å². The number of fused-ring (bicyclic) bond motifs is 1. The molecule has 0 radical (unpaired) electrons. The number of oxazole rings is 1. The summed E-state index contributed by atoms with van der Waals surface area (Å²) >= 11 is 0. The van der Waals surface area contributed by atoms with Gasteiger partial charge in [-0.05, 0) is 31.1 Å². The zero-order valence-corrected chi connectivity index (χ0v) is 10.3. The van der Waals surface area contributed by atoms with Crippen molar-refractivity contribution >= 4 is 11.1 Å². The van der Waals surface area contributed by atoms with E-state index in [1.165, 1.54) is 0 Å². The Morgan fingerprint density at radius 1 is 1.41 bits per heavy atom. The van der Waals surface area contributed by atoms with Crippen LogP contribution in [0.15, 0.2) is 33.5 Å². The maximum Gasteiger partial charge on any atom is 0.419 e. The van der Waals surface area contributed by atoms with Crippen molar-refractivity contribution in [2.75, 3.05) is 13.1 Å². The number of hydrogen-bond acceptors (Lipinski definition) is 3. The molecule has 1 N–H and O–H groups in total. The van der Waals surface area contributed by atoms with Crippen LogP contribution < -0.4 is 11.1 Å². The Morgan fingerprint density at radius 2 is 2.18 bits per heavy atom. The van der Waals surface area contributed by atoms with Crippen LogP contribution in [0, 0.1) is 5.92 Å². The van der Waals surface area contributed by atoms with Crippen molar-refractivity contribution in [1.29, 1.82) is 0 Å². The highest BCUT2D eigenvalue weighted by Crippen LogP contribution is 2.13. The molecule has 2 rings (SSSR count). The molecule has 0 saturated heterocycles. The molecule has 1 unspecified atom stereocenters. The van der Waals surface area contributed by atoms with Crippen LogP contribution in [0.2, 0.25) is 0 Å². The van der Waals surface area contributed by atoms with Gasteiger partial charge < -0.3 is 9.73 Å². The number of rotatable bonds is 5. The minimum absolute atomic E-state index is 0.269. The topological polar surface area (TPSA) is 47.2 Å². The van der Waals surface area contributed by atoms with E-state index in [1.54, 1.807) is 4.57 Å². The average Bonchev–Trinajstić information content (AvgIpc) is 2.64. The lowest BCUT2D eigenvalue weighted by Gasteiger charge is -2.11. The lowest BCUT2D eigenvalue weighted by Crippen LogP contribution is -2.26. The number of nitrogens with one attached hydrogen (secondary N) is 1. The van der Waals surface area contributed by atoms with E-state index in [4.69, 9.17) is 4.42 Å². The third-order valence-corrected chi connectivity index (χ3v) is 2.81. The van der Waals surface area contributed by atoms with Gasteiger partial charge in [0.1, 0.15) is 0 Å². The fourth-order valence-electron chi connectivity index (χ4n) is 1.95. The number of benzene rings is 1. The summed E-state index contributed by atoms with van der Waals surface area (Å²) in [5.74, 6) is 0.128. The van der Waals surface area contributed by atoms with Crippen LogP contribution in [0.4, 0.5) is 0 Å². The Kier molecular flexibility index (Phi) is 3.64. The zero-order chi connectivity index (χ0) is 12.3. The van der Waals surface area contributed by atoms with Crippen LogP contribution in [-0.2, 0) is 6.54 Å². The van der Waals surface area contributed by atoms with Gasteiger partial charge in [-0.25, -0.2) is 4.79 Å². The normalized spacial score (nSPS) is 13.1. The van der Waals surface area contributed by atoms with Crippen LogP contribution in [0.3, 0.4) is 0 Å². The minimum Gasteiger partial charge on any atom is -0.408 e. The minimum atomic E-state index is -0.269. The summed E-state index contributed by atoms with van der Waals surface area (Å²) < 4.78 is 6.90. The maximum absolute atomic E-state index is 11.7. The van der Waals surface area contributed by atoms with Gasteiger partial charge in [-0.2, -0.15) is 0 Å². The Balaban J connectivity index is 2.23. The van der Waals surface area contributed by atoms with E-state index in [-0.39, 0.29) is 5.76 Å². The van der Waals surface area contributed by atoms with Crippen LogP contribution in [0.5, 0.6) is 0 Å². The van der Waals surface area contributed by atoms with Gasteiger partial charge in [0, 0.05) is 6.54 Å². The van der Waals surface area contributed by atoms with Gasteiger partial charge >= 0.3 is 5.76 Å². The van der Waals surface area contributed by atoms with E-state index in [9.17, 15) is 4.79 Å². The average molecular weight is 234 g/mol. The molecule has 1 aromatic carbocycles. The number of hydrogen-bond donors (Lipinski definition) is 1. The molecule has 4 heteroatoms. The molecule has 0 aliphatic carbocycles. The van der Waals surface area contributed by atoms with Gasteiger partial charge in [-0.1, -0.05) is 26.0 Å². The molecular formula is C13H18N2O2. The predicted octanol–water partition coefficient (Wildman–Crippen LogP) is 1.84. The van der Waals surface area contributed by atoms with Crippen molar-refractivity contribution in [2.45, 2.75) is 20.4 Å². The monoisotopic (exact) mass is 234 g/mol. The molecule has 0 saturated carbocycles. The summed E-state index contributed by atoms with van der Waals surface area (Å²) in [6.07, 6.45) is 0. The van der Waals surface area contributed by atoms with Gasteiger partial charge in [0.05, 0.1) is 5.52 Å². The third kappa shape index (κ3) is 2.58. The molecule has 0 aliphatic rings. The zero-order valence-electron chi connectivity index (χ0n) is 10.3. The fourth-order valence-corrected chi connectivity index (χ4v) is 1.95. The van der Waals surface area contributed by atoms with Crippen molar-refractivity contribution in [3.8, 4) is 0 Å². The SMILES string of the molecule is CCNCC(C)Cn1c(=O)oc2ccccc21. The molecule has 2 aromatic rings. The Morgan fingerprint density at radius 3 is 2.94 bits per heavy atom. The summed E-state index contributed by atoms with van der Waals surface area (Å²) in [4.78, 5) is 11.7. The second-order valence-electron chi connectivity index (χ2n) is 4.36. The van der Waals surface area contributed by atoms with Crippen molar-refractivity contribution in [2.24, 2.45) is 5.92 Å². The molecule has 0 spiro atoms. The second kappa shape index (κ2) is 5.19. The van der Waals surface area contributed by atoms with Crippen molar-refractivity contribution in [1.82, 2.24) is 9.88 Å². The van der Waals surface area contributed by atoms with Gasteiger partial charge in [-0.15, -0.1) is 0 Å². The van der Waals surface area contributed by atoms with Crippen LogP contribution in [0.1, 0.15) is 13.8 Å². The first kappa shape index (κ1) is 11.9. The molecule has 1 atom stereocenters. The largest absolute Gasteiger partial charge is 0.419 e. The molecule has 17 heavy (non-hydrogen) atoms.